The number of pyridine rings is 1. The van der Waals surface area contributed by atoms with Gasteiger partial charge in [-0.05, 0) is 25.0 Å². The molecule has 0 bridgehead atoms. The Hall–Kier alpha value is -2.42. The summed E-state index contributed by atoms with van der Waals surface area (Å²) >= 11 is 0. The fourth-order valence-corrected chi connectivity index (χ4v) is 2.71. The number of aromatic nitrogens is 3. The van der Waals surface area contributed by atoms with E-state index in [9.17, 15) is 18.3 Å². The highest BCUT2D eigenvalue weighted by atomic mass is 32.2. The molecule has 9 heteroatoms. The van der Waals surface area contributed by atoms with Gasteiger partial charge in [0.15, 0.2) is 5.75 Å². The lowest BCUT2D eigenvalue weighted by Crippen LogP contribution is -2.18. The molecular formula is C15H20N4O4S. The Morgan fingerprint density at radius 2 is 2.04 bits per heavy atom. The van der Waals surface area contributed by atoms with Crippen LogP contribution in [0.25, 0.3) is 11.3 Å². The molecule has 0 saturated carbocycles. The van der Waals surface area contributed by atoms with Crippen LogP contribution in [0.5, 0.6) is 5.75 Å². The molecule has 0 radical (unpaired) electrons. The lowest BCUT2D eigenvalue weighted by Gasteiger charge is -2.12. The molecular weight excluding hydrogens is 332 g/mol. The first-order chi connectivity index (χ1) is 11.3. The number of nitrogens with one attached hydrogen (secondary N) is 1. The molecule has 0 spiro atoms. The van der Waals surface area contributed by atoms with Crippen LogP contribution in [0.3, 0.4) is 0 Å². The van der Waals surface area contributed by atoms with Crippen molar-refractivity contribution in [1.82, 2.24) is 14.5 Å². The molecule has 8 nitrogen and oxygen atoms in total. The smallest absolute Gasteiger partial charge is 0.292 e. The molecule has 0 saturated heterocycles. The van der Waals surface area contributed by atoms with Crippen LogP contribution in [-0.4, -0.2) is 33.8 Å². The van der Waals surface area contributed by atoms with Crippen LogP contribution < -0.4 is 10.3 Å². The quantitative estimate of drug-likeness (QED) is 0.809. The summed E-state index contributed by atoms with van der Waals surface area (Å²) in [5, 5.41) is 9.77. The molecule has 2 aromatic rings. The van der Waals surface area contributed by atoms with Gasteiger partial charge < -0.3 is 9.67 Å². The molecule has 130 valence electrons. The van der Waals surface area contributed by atoms with E-state index in [1.54, 1.807) is 12.4 Å². The summed E-state index contributed by atoms with van der Waals surface area (Å²) in [6, 6.07) is 1.32. The van der Waals surface area contributed by atoms with Gasteiger partial charge in [-0.15, -0.1) is 0 Å². The van der Waals surface area contributed by atoms with Gasteiger partial charge in [-0.2, -0.15) is 0 Å². The highest BCUT2D eigenvalue weighted by molar-refractivity contribution is 7.92. The zero-order chi connectivity index (χ0) is 17.9. The third-order valence-corrected chi connectivity index (χ3v) is 4.70. The Labute approximate surface area is 140 Å². The molecule has 0 aliphatic carbocycles. The first kappa shape index (κ1) is 17.9. The summed E-state index contributed by atoms with van der Waals surface area (Å²) in [5.74, 6) is -0.532. The SMILES string of the molecule is CCCc1cnc(NS(=O)(=O)CC)nc1-c1cc(O)c(=O)n(C)c1. The fourth-order valence-electron chi connectivity index (χ4n) is 2.19. The minimum atomic E-state index is -3.50. The molecule has 0 aliphatic heterocycles. The topological polar surface area (TPSA) is 114 Å². The van der Waals surface area contributed by atoms with Gasteiger partial charge in [0.05, 0.1) is 11.4 Å². The number of sulfonamides is 1. The second kappa shape index (κ2) is 7.00. The monoisotopic (exact) mass is 352 g/mol. The van der Waals surface area contributed by atoms with E-state index in [4.69, 9.17) is 0 Å². The number of aromatic hydroxyl groups is 1. The highest BCUT2D eigenvalue weighted by Crippen LogP contribution is 2.25. The van der Waals surface area contributed by atoms with E-state index in [-0.39, 0.29) is 11.7 Å². The average molecular weight is 352 g/mol. The molecule has 0 aliphatic rings. The van der Waals surface area contributed by atoms with Crippen LogP contribution in [0.1, 0.15) is 25.8 Å². The first-order valence-corrected chi connectivity index (χ1v) is 9.19. The summed E-state index contributed by atoms with van der Waals surface area (Å²) in [4.78, 5) is 20.0. The highest BCUT2D eigenvalue weighted by Gasteiger charge is 2.15. The Bertz CT molecular complexity index is 880. The molecule has 2 aromatic heterocycles. The van der Waals surface area contributed by atoms with Crippen LogP contribution in [0, 0.1) is 0 Å². The van der Waals surface area contributed by atoms with Gasteiger partial charge in [-0.1, -0.05) is 13.3 Å². The zero-order valence-electron chi connectivity index (χ0n) is 13.8. The minimum absolute atomic E-state index is 0.0416. The minimum Gasteiger partial charge on any atom is -0.503 e. The number of nitrogens with zero attached hydrogens (tertiary/aromatic N) is 3. The summed E-state index contributed by atoms with van der Waals surface area (Å²) < 4.78 is 27.0. The van der Waals surface area contributed by atoms with Crippen molar-refractivity contribution in [3.05, 3.63) is 34.4 Å². The average Bonchev–Trinajstić information content (AvgIpc) is 2.53. The zero-order valence-corrected chi connectivity index (χ0v) is 14.6. The van der Waals surface area contributed by atoms with Gasteiger partial charge in [0.25, 0.3) is 5.56 Å². The fraction of sp³-hybridized carbons (Fsp3) is 0.400. The molecule has 2 N–H and O–H groups in total. The molecule has 2 heterocycles. The second-order valence-electron chi connectivity index (χ2n) is 5.35. The summed E-state index contributed by atoms with van der Waals surface area (Å²) in [7, 11) is -1.98. The van der Waals surface area contributed by atoms with E-state index in [1.807, 2.05) is 6.92 Å². The third-order valence-electron chi connectivity index (χ3n) is 3.45. The van der Waals surface area contributed by atoms with Gasteiger partial charge in [0.2, 0.25) is 16.0 Å². The van der Waals surface area contributed by atoms with Crippen molar-refractivity contribution in [3.63, 3.8) is 0 Å². The number of rotatable bonds is 6. The van der Waals surface area contributed by atoms with Gasteiger partial charge >= 0.3 is 0 Å². The maximum absolute atomic E-state index is 11.7. The molecule has 0 aromatic carbocycles. The summed E-state index contributed by atoms with van der Waals surface area (Å²) in [6.45, 7) is 3.51. The Morgan fingerprint density at radius 1 is 1.33 bits per heavy atom. The number of hydrogen-bond acceptors (Lipinski definition) is 6. The van der Waals surface area contributed by atoms with Crippen molar-refractivity contribution in [2.75, 3.05) is 10.5 Å². The van der Waals surface area contributed by atoms with Crippen molar-refractivity contribution in [1.29, 1.82) is 0 Å². The van der Waals surface area contributed by atoms with E-state index >= 15 is 0 Å². The van der Waals surface area contributed by atoms with Gasteiger partial charge in [-0.25, -0.2) is 18.4 Å². The molecule has 0 unspecified atom stereocenters. The molecule has 2 rings (SSSR count). The first-order valence-electron chi connectivity index (χ1n) is 7.53. The van der Waals surface area contributed by atoms with Gasteiger partial charge in [0, 0.05) is 25.0 Å². The maximum atomic E-state index is 11.7. The summed E-state index contributed by atoms with van der Waals surface area (Å²) in [6.07, 6.45) is 4.62. The van der Waals surface area contributed by atoms with E-state index in [1.165, 1.54) is 24.6 Å². The van der Waals surface area contributed by atoms with Gasteiger partial charge in [-0.3, -0.25) is 9.52 Å². The number of aryl methyl sites for hydroxylation is 2. The second-order valence-corrected chi connectivity index (χ2v) is 7.36. The predicted molar refractivity (Wildman–Crippen MR) is 91.5 cm³/mol. The normalized spacial score (nSPS) is 11.5. The summed E-state index contributed by atoms with van der Waals surface area (Å²) in [5.41, 5.74) is 1.27. The van der Waals surface area contributed by atoms with E-state index in [2.05, 4.69) is 14.7 Å². The Balaban J connectivity index is 2.59. The largest absolute Gasteiger partial charge is 0.503 e. The molecule has 0 atom stereocenters. The van der Waals surface area contributed by atoms with Crippen LogP contribution >= 0.6 is 0 Å². The van der Waals surface area contributed by atoms with Crippen molar-refractivity contribution in [3.8, 4) is 17.0 Å². The van der Waals surface area contributed by atoms with Crippen LogP contribution in [0.4, 0.5) is 5.95 Å². The van der Waals surface area contributed by atoms with Crippen molar-refractivity contribution >= 4 is 16.0 Å². The van der Waals surface area contributed by atoms with E-state index in [0.29, 0.717) is 17.7 Å². The predicted octanol–water partition coefficient (Wildman–Crippen LogP) is 1.26. The van der Waals surface area contributed by atoms with Crippen molar-refractivity contribution in [2.24, 2.45) is 7.05 Å². The van der Waals surface area contributed by atoms with E-state index < -0.39 is 21.3 Å². The Morgan fingerprint density at radius 3 is 2.62 bits per heavy atom. The van der Waals surface area contributed by atoms with Crippen molar-refractivity contribution in [2.45, 2.75) is 26.7 Å². The van der Waals surface area contributed by atoms with E-state index in [0.717, 1.165) is 12.0 Å². The third kappa shape index (κ3) is 3.91. The molecule has 0 amide bonds. The van der Waals surface area contributed by atoms with Crippen LogP contribution in [-0.2, 0) is 23.5 Å². The number of anilines is 1. The molecule has 0 fully saturated rings. The number of hydrogen-bond donors (Lipinski definition) is 2. The van der Waals surface area contributed by atoms with Crippen LogP contribution in [0.15, 0.2) is 23.3 Å². The Kier molecular flexibility index (Phi) is 5.23. The standard InChI is InChI=1S/C15H20N4O4S/c1-4-6-10-8-16-15(18-24(22,23)5-2)17-13(10)11-7-12(20)14(21)19(3)9-11/h7-9,20H,4-6H2,1-3H3,(H,16,17,18). The maximum Gasteiger partial charge on any atom is 0.292 e. The van der Waals surface area contributed by atoms with Crippen LogP contribution in [0.2, 0.25) is 0 Å². The van der Waals surface area contributed by atoms with Crippen molar-refractivity contribution < 1.29 is 13.5 Å². The lowest BCUT2D eigenvalue weighted by molar-refractivity contribution is 0.461. The van der Waals surface area contributed by atoms with Gasteiger partial charge in [0.1, 0.15) is 0 Å². The lowest BCUT2D eigenvalue weighted by atomic mass is 10.1. The molecule has 24 heavy (non-hydrogen) atoms.